The van der Waals surface area contributed by atoms with Crippen LogP contribution in [-0.2, 0) is 11.8 Å². The predicted molar refractivity (Wildman–Crippen MR) is 100 cm³/mol. The highest BCUT2D eigenvalue weighted by atomic mass is 19.1. The number of carbonyl (C=O) groups is 1. The van der Waals surface area contributed by atoms with Gasteiger partial charge in [0.25, 0.3) is 0 Å². The van der Waals surface area contributed by atoms with Crippen molar-refractivity contribution in [1.82, 2.24) is 9.78 Å². The SMILES string of the molecule is CC(C)C1(C(=O)Nc2nn(C)c(-c3ccc(F)cc3)c2C2CCC2)CC1. The van der Waals surface area contributed by atoms with E-state index in [0.29, 0.717) is 17.7 Å². The molecule has 2 saturated carbocycles. The summed E-state index contributed by atoms with van der Waals surface area (Å²) in [6.45, 7) is 4.23. The zero-order valence-corrected chi connectivity index (χ0v) is 15.7. The van der Waals surface area contributed by atoms with E-state index in [1.807, 2.05) is 11.7 Å². The molecule has 4 rings (SSSR count). The van der Waals surface area contributed by atoms with Crippen molar-refractivity contribution >= 4 is 11.7 Å². The van der Waals surface area contributed by atoms with Crippen molar-refractivity contribution < 1.29 is 9.18 Å². The van der Waals surface area contributed by atoms with Gasteiger partial charge < -0.3 is 5.32 Å². The zero-order valence-electron chi connectivity index (χ0n) is 15.7. The van der Waals surface area contributed by atoms with Gasteiger partial charge in [-0.1, -0.05) is 20.3 Å². The Bertz CT molecular complexity index is 830. The number of rotatable bonds is 5. The standard InChI is InChI=1S/C21H26FN3O/c1-13(2)21(11-12-21)20(26)23-19-17(14-5-4-6-14)18(25(3)24-19)15-7-9-16(22)10-8-15/h7-10,13-14H,4-6,11-12H2,1-3H3,(H,23,24,26). The minimum atomic E-state index is -0.248. The second kappa shape index (κ2) is 6.22. The zero-order chi connectivity index (χ0) is 18.5. The first-order valence-corrected chi connectivity index (χ1v) is 9.56. The van der Waals surface area contributed by atoms with E-state index in [1.165, 1.54) is 18.6 Å². The van der Waals surface area contributed by atoms with E-state index in [4.69, 9.17) is 0 Å². The number of anilines is 1. The van der Waals surface area contributed by atoms with Crippen LogP contribution in [0.25, 0.3) is 11.3 Å². The molecule has 0 saturated heterocycles. The molecule has 0 unspecified atom stereocenters. The third-order valence-corrected chi connectivity index (χ3v) is 6.29. The van der Waals surface area contributed by atoms with E-state index in [1.54, 1.807) is 12.1 Å². The fourth-order valence-electron chi connectivity index (χ4n) is 4.10. The lowest BCUT2D eigenvalue weighted by Gasteiger charge is -2.27. The quantitative estimate of drug-likeness (QED) is 0.832. The molecular weight excluding hydrogens is 329 g/mol. The summed E-state index contributed by atoms with van der Waals surface area (Å²) in [5, 5.41) is 7.79. The molecule has 5 heteroatoms. The predicted octanol–water partition coefficient (Wildman–Crippen LogP) is 4.87. The summed E-state index contributed by atoms with van der Waals surface area (Å²) in [6.07, 6.45) is 5.32. The number of carbonyl (C=O) groups excluding carboxylic acids is 1. The Balaban J connectivity index is 1.72. The smallest absolute Gasteiger partial charge is 0.232 e. The molecule has 2 fully saturated rings. The maximum absolute atomic E-state index is 13.4. The molecule has 0 aliphatic heterocycles. The van der Waals surface area contributed by atoms with Crippen molar-refractivity contribution in [2.75, 3.05) is 5.32 Å². The van der Waals surface area contributed by atoms with Crippen molar-refractivity contribution in [1.29, 1.82) is 0 Å². The molecule has 4 nitrogen and oxygen atoms in total. The molecular formula is C21H26FN3O. The Hall–Kier alpha value is -2.17. The fraction of sp³-hybridized carbons (Fsp3) is 0.524. The summed E-state index contributed by atoms with van der Waals surface area (Å²) in [7, 11) is 1.89. The van der Waals surface area contributed by atoms with Gasteiger partial charge in [0, 0.05) is 18.2 Å². The third-order valence-electron chi connectivity index (χ3n) is 6.29. The van der Waals surface area contributed by atoms with Crippen LogP contribution in [0.4, 0.5) is 10.2 Å². The molecule has 1 heterocycles. The molecule has 0 atom stereocenters. The first-order chi connectivity index (χ1) is 12.4. The number of hydrogen-bond donors (Lipinski definition) is 1. The van der Waals surface area contributed by atoms with Crippen LogP contribution in [0.5, 0.6) is 0 Å². The Morgan fingerprint density at radius 1 is 1.27 bits per heavy atom. The van der Waals surface area contributed by atoms with Crippen LogP contribution in [0.15, 0.2) is 24.3 Å². The van der Waals surface area contributed by atoms with Gasteiger partial charge in [-0.3, -0.25) is 9.48 Å². The molecule has 0 spiro atoms. The molecule has 1 aromatic carbocycles. The Morgan fingerprint density at radius 3 is 2.42 bits per heavy atom. The lowest BCUT2D eigenvalue weighted by atomic mass is 9.78. The van der Waals surface area contributed by atoms with Gasteiger partial charge in [0.1, 0.15) is 5.82 Å². The molecule has 2 aliphatic rings. The molecule has 1 amide bonds. The Kier molecular flexibility index (Phi) is 4.13. The van der Waals surface area contributed by atoms with Crippen molar-refractivity contribution in [3.63, 3.8) is 0 Å². The minimum Gasteiger partial charge on any atom is -0.308 e. The number of aryl methyl sites for hydroxylation is 1. The van der Waals surface area contributed by atoms with E-state index in [0.717, 1.165) is 42.5 Å². The summed E-state index contributed by atoms with van der Waals surface area (Å²) in [4.78, 5) is 12.9. The second-order valence-electron chi connectivity index (χ2n) is 8.13. The monoisotopic (exact) mass is 355 g/mol. The average molecular weight is 355 g/mol. The highest BCUT2D eigenvalue weighted by Gasteiger charge is 2.52. The van der Waals surface area contributed by atoms with Gasteiger partial charge in [-0.05, 0) is 61.8 Å². The third kappa shape index (κ3) is 2.74. The van der Waals surface area contributed by atoms with E-state index in [9.17, 15) is 9.18 Å². The largest absolute Gasteiger partial charge is 0.308 e. The molecule has 0 bridgehead atoms. The summed E-state index contributed by atoms with van der Waals surface area (Å²) in [5.41, 5.74) is 2.80. The van der Waals surface area contributed by atoms with Crippen LogP contribution in [0, 0.1) is 17.2 Å². The number of amides is 1. The highest BCUT2D eigenvalue weighted by Crippen LogP contribution is 2.53. The normalized spacial score (nSPS) is 18.7. The van der Waals surface area contributed by atoms with Gasteiger partial charge in [-0.2, -0.15) is 5.10 Å². The summed E-state index contributed by atoms with van der Waals surface area (Å²) >= 11 is 0. The lowest BCUT2D eigenvalue weighted by Crippen LogP contribution is -2.29. The van der Waals surface area contributed by atoms with Crippen molar-refractivity contribution in [2.45, 2.75) is 51.9 Å². The fourth-order valence-corrected chi connectivity index (χ4v) is 4.10. The van der Waals surface area contributed by atoms with Crippen LogP contribution < -0.4 is 5.32 Å². The first kappa shape index (κ1) is 17.3. The molecule has 138 valence electrons. The van der Waals surface area contributed by atoms with E-state index < -0.39 is 0 Å². The number of halogens is 1. The second-order valence-corrected chi connectivity index (χ2v) is 8.13. The lowest BCUT2D eigenvalue weighted by molar-refractivity contribution is -0.122. The minimum absolute atomic E-state index is 0.0943. The van der Waals surface area contributed by atoms with Crippen molar-refractivity contribution in [3.05, 3.63) is 35.6 Å². The van der Waals surface area contributed by atoms with E-state index in [2.05, 4.69) is 24.3 Å². The number of benzene rings is 1. The van der Waals surface area contributed by atoms with Gasteiger partial charge >= 0.3 is 0 Å². The molecule has 0 radical (unpaired) electrons. The van der Waals surface area contributed by atoms with Gasteiger partial charge in [0.05, 0.1) is 11.1 Å². The average Bonchev–Trinajstić information content (AvgIpc) is 3.30. The van der Waals surface area contributed by atoms with E-state index >= 15 is 0 Å². The van der Waals surface area contributed by atoms with Crippen LogP contribution in [-0.4, -0.2) is 15.7 Å². The summed E-state index contributed by atoms with van der Waals surface area (Å²) < 4.78 is 15.2. The highest BCUT2D eigenvalue weighted by molar-refractivity contribution is 5.98. The molecule has 2 aromatic rings. The van der Waals surface area contributed by atoms with E-state index in [-0.39, 0.29) is 17.1 Å². The van der Waals surface area contributed by atoms with Crippen molar-refractivity contribution in [2.24, 2.45) is 18.4 Å². The Morgan fingerprint density at radius 2 is 1.92 bits per heavy atom. The maximum Gasteiger partial charge on any atom is 0.232 e. The Labute approximate surface area is 153 Å². The van der Waals surface area contributed by atoms with Crippen LogP contribution in [0.1, 0.15) is 57.4 Å². The number of hydrogen-bond acceptors (Lipinski definition) is 2. The number of aromatic nitrogens is 2. The summed E-state index contributed by atoms with van der Waals surface area (Å²) in [6, 6.07) is 6.53. The van der Waals surface area contributed by atoms with Crippen LogP contribution >= 0.6 is 0 Å². The first-order valence-electron chi connectivity index (χ1n) is 9.56. The van der Waals surface area contributed by atoms with Crippen molar-refractivity contribution in [3.8, 4) is 11.3 Å². The molecule has 1 N–H and O–H groups in total. The number of nitrogens with zero attached hydrogens (tertiary/aromatic N) is 2. The van der Waals surface area contributed by atoms with Crippen LogP contribution in [0.2, 0.25) is 0 Å². The topological polar surface area (TPSA) is 46.9 Å². The van der Waals surface area contributed by atoms with Gasteiger partial charge in [0.2, 0.25) is 5.91 Å². The molecule has 2 aliphatic carbocycles. The number of nitrogens with one attached hydrogen (secondary N) is 1. The molecule has 26 heavy (non-hydrogen) atoms. The maximum atomic E-state index is 13.4. The van der Waals surface area contributed by atoms with Gasteiger partial charge in [-0.15, -0.1) is 0 Å². The molecule has 1 aromatic heterocycles. The van der Waals surface area contributed by atoms with Gasteiger partial charge in [-0.25, -0.2) is 4.39 Å². The van der Waals surface area contributed by atoms with Gasteiger partial charge in [0.15, 0.2) is 5.82 Å². The van der Waals surface area contributed by atoms with Crippen LogP contribution in [0.3, 0.4) is 0 Å². The summed E-state index contributed by atoms with van der Waals surface area (Å²) in [5.74, 6) is 1.27.